The highest BCUT2D eigenvalue weighted by molar-refractivity contribution is 5.77. The van der Waals surface area contributed by atoms with Crippen LogP contribution in [0.4, 0.5) is 0 Å². The summed E-state index contributed by atoms with van der Waals surface area (Å²) < 4.78 is 9.34. The largest absolute Gasteiger partial charge is 0.469 e. The van der Waals surface area contributed by atoms with Gasteiger partial charge in [0.2, 0.25) is 0 Å². The van der Waals surface area contributed by atoms with Crippen LogP contribution in [0.25, 0.3) is 0 Å². The van der Waals surface area contributed by atoms with Gasteiger partial charge in [-0.15, -0.1) is 0 Å². The van der Waals surface area contributed by atoms with Crippen LogP contribution in [0, 0.1) is 17.3 Å². The van der Waals surface area contributed by atoms with E-state index in [0.717, 1.165) is 0 Å². The molecule has 0 saturated carbocycles. The van der Waals surface area contributed by atoms with Crippen molar-refractivity contribution in [2.24, 2.45) is 17.3 Å². The van der Waals surface area contributed by atoms with Crippen molar-refractivity contribution < 1.29 is 19.1 Å². The number of esters is 2. The molecule has 0 aromatic rings. The van der Waals surface area contributed by atoms with Crippen molar-refractivity contribution in [1.82, 2.24) is 0 Å². The van der Waals surface area contributed by atoms with E-state index in [2.05, 4.69) is 9.47 Å². The maximum atomic E-state index is 11.4. The van der Waals surface area contributed by atoms with Crippen LogP contribution in [0.3, 0.4) is 0 Å². The summed E-state index contributed by atoms with van der Waals surface area (Å²) in [5.41, 5.74) is -0.486. The van der Waals surface area contributed by atoms with Gasteiger partial charge in [0, 0.05) is 0 Å². The summed E-state index contributed by atoms with van der Waals surface area (Å²) in [4.78, 5) is 22.8. The summed E-state index contributed by atoms with van der Waals surface area (Å²) in [6.07, 6.45) is 0. The number of rotatable bonds is 4. The molecule has 0 amide bonds. The zero-order valence-electron chi connectivity index (χ0n) is 10.3. The SMILES string of the molecule is COC(=O)[C@@H](C)C(C)(C)[C@@H](C)C(=O)OC. The molecule has 4 nitrogen and oxygen atoms in total. The molecule has 4 heteroatoms. The van der Waals surface area contributed by atoms with Gasteiger partial charge in [0.05, 0.1) is 26.1 Å². The second-order valence-corrected chi connectivity index (χ2v) is 4.31. The fourth-order valence-corrected chi connectivity index (χ4v) is 1.34. The van der Waals surface area contributed by atoms with Crippen molar-refractivity contribution in [2.75, 3.05) is 14.2 Å². The first kappa shape index (κ1) is 13.9. The van der Waals surface area contributed by atoms with Crippen LogP contribution in [-0.2, 0) is 19.1 Å². The summed E-state index contributed by atoms with van der Waals surface area (Å²) in [6.45, 7) is 7.23. The van der Waals surface area contributed by atoms with Crippen LogP contribution in [-0.4, -0.2) is 26.2 Å². The van der Waals surface area contributed by atoms with E-state index in [1.807, 2.05) is 13.8 Å². The molecule has 0 unspecified atom stereocenters. The minimum atomic E-state index is -0.486. The molecule has 0 aliphatic rings. The molecule has 0 fully saturated rings. The zero-order chi connectivity index (χ0) is 12.2. The predicted molar refractivity (Wildman–Crippen MR) is 56.1 cm³/mol. The summed E-state index contributed by atoms with van der Waals surface area (Å²) in [5, 5.41) is 0. The van der Waals surface area contributed by atoms with Crippen LogP contribution in [0.15, 0.2) is 0 Å². The average molecular weight is 216 g/mol. The normalized spacial score (nSPS) is 15.3. The van der Waals surface area contributed by atoms with Crippen molar-refractivity contribution in [1.29, 1.82) is 0 Å². The molecule has 0 rings (SSSR count). The molecule has 0 radical (unpaired) electrons. The van der Waals surface area contributed by atoms with Crippen molar-refractivity contribution in [3.05, 3.63) is 0 Å². The van der Waals surface area contributed by atoms with Crippen LogP contribution >= 0.6 is 0 Å². The first-order valence-corrected chi connectivity index (χ1v) is 4.94. The fraction of sp³-hybridized carbons (Fsp3) is 0.818. The summed E-state index contributed by atoms with van der Waals surface area (Å²) in [5.74, 6) is -1.32. The average Bonchev–Trinajstić information content (AvgIpc) is 2.24. The van der Waals surface area contributed by atoms with Crippen LogP contribution in [0.1, 0.15) is 27.7 Å². The van der Waals surface area contributed by atoms with Gasteiger partial charge in [0.15, 0.2) is 0 Å². The minimum Gasteiger partial charge on any atom is -0.469 e. The lowest BCUT2D eigenvalue weighted by atomic mass is 9.70. The van der Waals surface area contributed by atoms with Crippen molar-refractivity contribution in [3.8, 4) is 0 Å². The van der Waals surface area contributed by atoms with Crippen molar-refractivity contribution in [3.63, 3.8) is 0 Å². The van der Waals surface area contributed by atoms with Gasteiger partial charge >= 0.3 is 11.9 Å². The van der Waals surface area contributed by atoms with E-state index in [9.17, 15) is 9.59 Å². The standard InChI is InChI=1S/C11H20O4/c1-7(9(12)14-5)11(3,4)8(2)10(13)15-6/h7-8H,1-6H3/t7-,8+. The molecule has 0 aliphatic carbocycles. The van der Waals surface area contributed by atoms with Gasteiger partial charge in [-0.25, -0.2) is 0 Å². The molecule has 0 spiro atoms. The Morgan fingerprint density at radius 3 is 1.40 bits per heavy atom. The molecule has 0 heterocycles. The third-order valence-corrected chi connectivity index (χ3v) is 3.34. The molecule has 15 heavy (non-hydrogen) atoms. The summed E-state index contributed by atoms with van der Waals surface area (Å²) in [7, 11) is 2.69. The molecule has 0 aromatic heterocycles. The number of carbonyl (C=O) groups is 2. The number of methoxy groups -OCH3 is 2. The second kappa shape index (κ2) is 5.14. The zero-order valence-corrected chi connectivity index (χ0v) is 10.3. The maximum Gasteiger partial charge on any atom is 0.308 e. The van der Waals surface area contributed by atoms with Gasteiger partial charge in [-0.05, 0) is 5.41 Å². The Kier molecular flexibility index (Phi) is 4.78. The van der Waals surface area contributed by atoms with Gasteiger partial charge in [-0.2, -0.15) is 0 Å². The Balaban J connectivity index is 4.79. The molecule has 0 bridgehead atoms. The van der Waals surface area contributed by atoms with E-state index in [-0.39, 0.29) is 23.8 Å². The third kappa shape index (κ3) is 2.94. The molecular weight excluding hydrogens is 196 g/mol. The molecule has 0 aromatic carbocycles. The van der Waals surface area contributed by atoms with Crippen LogP contribution in [0.5, 0.6) is 0 Å². The predicted octanol–water partition coefficient (Wildman–Crippen LogP) is 1.63. The van der Waals surface area contributed by atoms with Crippen LogP contribution < -0.4 is 0 Å². The van der Waals surface area contributed by atoms with Crippen molar-refractivity contribution >= 4 is 11.9 Å². The Morgan fingerprint density at radius 2 is 1.20 bits per heavy atom. The molecular formula is C11H20O4. The van der Waals surface area contributed by atoms with Crippen molar-refractivity contribution in [2.45, 2.75) is 27.7 Å². The van der Waals surface area contributed by atoms with Gasteiger partial charge in [0.1, 0.15) is 0 Å². The van der Waals surface area contributed by atoms with Crippen LogP contribution in [0.2, 0.25) is 0 Å². The molecule has 0 N–H and O–H groups in total. The maximum absolute atomic E-state index is 11.4. The highest BCUT2D eigenvalue weighted by Gasteiger charge is 2.40. The van der Waals surface area contributed by atoms with E-state index in [1.54, 1.807) is 13.8 Å². The molecule has 0 aliphatic heterocycles. The van der Waals surface area contributed by atoms with E-state index < -0.39 is 5.41 Å². The first-order valence-electron chi connectivity index (χ1n) is 4.94. The van der Waals surface area contributed by atoms with E-state index in [4.69, 9.17) is 0 Å². The third-order valence-electron chi connectivity index (χ3n) is 3.34. The van der Waals surface area contributed by atoms with Gasteiger partial charge in [-0.3, -0.25) is 9.59 Å². The minimum absolute atomic E-state index is 0.309. The Morgan fingerprint density at radius 1 is 0.933 bits per heavy atom. The lowest BCUT2D eigenvalue weighted by molar-refractivity contribution is -0.156. The monoisotopic (exact) mass is 216 g/mol. The fourth-order valence-electron chi connectivity index (χ4n) is 1.34. The second-order valence-electron chi connectivity index (χ2n) is 4.31. The summed E-state index contributed by atoms with van der Waals surface area (Å²) >= 11 is 0. The van der Waals surface area contributed by atoms with E-state index in [1.165, 1.54) is 14.2 Å². The number of hydrogen-bond acceptors (Lipinski definition) is 4. The lowest BCUT2D eigenvalue weighted by Crippen LogP contribution is -2.39. The Bertz CT molecular complexity index is 221. The first-order chi connectivity index (χ1) is 6.78. The molecule has 88 valence electrons. The highest BCUT2D eigenvalue weighted by atomic mass is 16.5. The van der Waals surface area contributed by atoms with Gasteiger partial charge < -0.3 is 9.47 Å². The molecule has 0 saturated heterocycles. The topological polar surface area (TPSA) is 52.6 Å². The van der Waals surface area contributed by atoms with E-state index in [0.29, 0.717) is 0 Å². The highest BCUT2D eigenvalue weighted by Crippen LogP contribution is 2.36. The smallest absolute Gasteiger partial charge is 0.308 e. The lowest BCUT2D eigenvalue weighted by Gasteiger charge is -2.34. The number of ether oxygens (including phenoxy) is 2. The van der Waals surface area contributed by atoms with Gasteiger partial charge in [-0.1, -0.05) is 27.7 Å². The number of hydrogen-bond donors (Lipinski definition) is 0. The Hall–Kier alpha value is -1.06. The Labute approximate surface area is 90.9 Å². The quantitative estimate of drug-likeness (QED) is 0.670. The van der Waals surface area contributed by atoms with E-state index >= 15 is 0 Å². The summed E-state index contributed by atoms with van der Waals surface area (Å²) in [6, 6.07) is 0. The molecule has 2 atom stereocenters. The van der Waals surface area contributed by atoms with Gasteiger partial charge in [0.25, 0.3) is 0 Å². The number of carbonyl (C=O) groups excluding carboxylic acids is 2.